The molecular formula is C24H28N3O4+. The third kappa shape index (κ3) is 4.51. The number of para-hydroxylation sites is 1. The van der Waals surface area contributed by atoms with Gasteiger partial charge in [0.2, 0.25) is 0 Å². The zero-order valence-corrected chi connectivity index (χ0v) is 18.5. The van der Waals surface area contributed by atoms with Gasteiger partial charge in [0.25, 0.3) is 0 Å². The Bertz CT molecular complexity index is 1040. The number of carbonyl (C=O) groups is 3. The number of alkyl carbamates (subject to hydrolysis) is 1. The smallest absolute Gasteiger partial charge is 0.436 e. The first kappa shape index (κ1) is 22.2. The van der Waals surface area contributed by atoms with Gasteiger partial charge in [-0.1, -0.05) is 24.3 Å². The Kier molecular flexibility index (Phi) is 5.99. The first-order valence-corrected chi connectivity index (χ1v) is 10.0. The molecule has 7 nitrogen and oxygen atoms in total. The zero-order chi connectivity index (χ0) is 22.8. The molecule has 0 fully saturated rings. The summed E-state index contributed by atoms with van der Waals surface area (Å²) in [6.07, 6.45) is 2.92. The van der Waals surface area contributed by atoms with Crippen molar-refractivity contribution in [1.82, 2.24) is 14.7 Å². The van der Waals surface area contributed by atoms with Crippen LogP contribution in [0.4, 0.5) is 15.3 Å². The quantitative estimate of drug-likeness (QED) is 0.738. The molecule has 1 aliphatic heterocycles. The minimum absolute atomic E-state index is 0.267. The molecule has 0 aromatic heterocycles. The maximum absolute atomic E-state index is 13.6. The Morgan fingerprint density at radius 2 is 1.65 bits per heavy atom. The van der Waals surface area contributed by atoms with E-state index in [9.17, 15) is 14.4 Å². The summed E-state index contributed by atoms with van der Waals surface area (Å²) < 4.78 is 4.70. The number of fused-ring (bicyclic) bond motifs is 1. The molecule has 31 heavy (non-hydrogen) atoms. The number of rotatable bonds is 3. The normalized spacial score (nSPS) is 17.1. The first-order chi connectivity index (χ1) is 14.5. The number of quaternary nitrogens is 1. The SMILES string of the molecule is CN(C)C(=O)[N+]1(C(=O)c2ccc(CNC(=O)OC(C)(C)C)cc2)C=Cc2ccccc21. The van der Waals surface area contributed by atoms with Crippen molar-refractivity contribution >= 4 is 29.8 Å². The lowest BCUT2D eigenvalue weighted by Crippen LogP contribution is -2.57. The summed E-state index contributed by atoms with van der Waals surface area (Å²) >= 11 is 0. The number of ether oxygens (including phenoxy) is 1. The van der Waals surface area contributed by atoms with E-state index in [0.29, 0.717) is 11.3 Å². The van der Waals surface area contributed by atoms with Crippen LogP contribution in [-0.4, -0.2) is 42.6 Å². The number of benzene rings is 2. The molecule has 1 heterocycles. The van der Waals surface area contributed by atoms with Crippen molar-refractivity contribution in [2.75, 3.05) is 14.1 Å². The zero-order valence-electron chi connectivity index (χ0n) is 18.5. The van der Waals surface area contributed by atoms with Crippen LogP contribution in [0.2, 0.25) is 0 Å². The summed E-state index contributed by atoms with van der Waals surface area (Å²) in [4.78, 5) is 40.0. The monoisotopic (exact) mass is 422 g/mol. The van der Waals surface area contributed by atoms with Crippen molar-refractivity contribution < 1.29 is 19.1 Å². The van der Waals surface area contributed by atoms with E-state index in [-0.39, 0.29) is 18.5 Å². The maximum Gasteiger partial charge on any atom is 0.436 e. The molecule has 0 saturated carbocycles. The van der Waals surface area contributed by atoms with Crippen molar-refractivity contribution in [2.45, 2.75) is 32.9 Å². The lowest BCUT2D eigenvalue weighted by atomic mass is 10.1. The van der Waals surface area contributed by atoms with Crippen LogP contribution in [0, 0.1) is 0 Å². The summed E-state index contributed by atoms with van der Waals surface area (Å²) in [5, 5.41) is 2.69. The predicted octanol–water partition coefficient (Wildman–Crippen LogP) is 4.52. The van der Waals surface area contributed by atoms with Crippen LogP contribution in [0.3, 0.4) is 0 Å². The number of hydrogen-bond donors (Lipinski definition) is 1. The van der Waals surface area contributed by atoms with E-state index in [4.69, 9.17) is 4.74 Å². The van der Waals surface area contributed by atoms with E-state index < -0.39 is 16.2 Å². The summed E-state index contributed by atoms with van der Waals surface area (Å²) in [6.45, 7) is 5.66. The number of nitrogens with zero attached hydrogens (tertiary/aromatic N) is 2. The lowest BCUT2D eigenvalue weighted by Gasteiger charge is -2.29. The van der Waals surface area contributed by atoms with Gasteiger partial charge in [0.15, 0.2) is 5.69 Å². The van der Waals surface area contributed by atoms with E-state index in [0.717, 1.165) is 11.1 Å². The first-order valence-electron chi connectivity index (χ1n) is 10.0. The third-order valence-electron chi connectivity index (χ3n) is 4.84. The number of urea groups is 1. The van der Waals surface area contributed by atoms with E-state index in [1.807, 2.05) is 18.2 Å². The fourth-order valence-electron chi connectivity index (χ4n) is 3.43. The van der Waals surface area contributed by atoms with Crippen molar-refractivity contribution in [2.24, 2.45) is 0 Å². The number of hydrogen-bond acceptors (Lipinski definition) is 4. The highest BCUT2D eigenvalue weighted by Crippen LogP contribution is 2.38. The van der Waals surface area contributed by atoms with Gasteiger partial charge in [-0.25, -0.2) is 14.4 Å². The number of nitrogens with one attached hydrogen (secondary N) is 1. The van der Waals surface area contributed by atoms with Crippen LogP contribution < -0.4 is 9.80 Å². The fourth-order valence-corrected chi connectivity index (χ4v) is 3.43. The van der Waals surface area contributed by atoms with Gasteiger partial charge in [-0.05, 0) is 44.5 Å². The van der Waals surface area contributed by atoms with Crippen LogP contribution in [0.25, 0.3) is 6.08 Å². The second-order valence-electron chi connectivity index (χ2n) is 8.63. The Morgan fingerprint density at radius 3 is 2.26 bits per heavy atom. The van der Waals surface area contributed by atoms with Gasteiger partial charge in [0, 0.05) is 38.3 Å². The Hall–Kier alpha value is -3.45. The number of carbonyl (C=O) groups excluding carboxylic acids is 3. The molecule has 2 aromatic rings. The molecule has 0 saturated heterocycles. The van der Waals surface area contributed by atoms with Gasteiger partial charge in [0.05, 0.1) is 5.56 Å². The molecule has 0 spiro atoms. The summed E-state index contributed by atoms with van der Waals surface area (Å²) in [5.74, 6) is -0.341. The second kappa shape index (κ2) is 8.35. The Balaban J connectivity index is 1.83. The van der Waals surface area contributed by atoms with Crippen molar-refractivity contribution in [3.8, 4) is 0 Å². The summed E-state index contributed by atoms with van der Waals surface area (Å²) in [6, 6.07) is 13.9. The molecular weight excluding hydrogens is 394 g/mol. The van der Waals surface area contributed by atoms with Crippen molar-refractivity contribution in [3.05, 3.63) is 71.4 Å². The maximum atomic E-state index is 13.6. The van der Waals surface area contributed by atoms with Gasteiger partial charge < -0.3 is 10.1 Å². The molecule has 162 valence electrons. The number of imide groups is 1. The van der Waals surface area contributed by atoms with E-state index >= 15 is 0 Å². The molecule has 7 heteroatoms. The molecule has 3 rings (SSSR count). The molecule has 1 unspecified atom stereocenters. The molecule has 4 amide bonds. The van der Waals surface area contributed by atoms with E-state index in [1.54, 1.807) is 77.5 Å². The Labute approximate surface area is 182 Å². The number of amides is 4. The van der Waals surface area contributed by atoms with Crippen LogP contribution in [0.5, 0.6) is 0 Å². The molecule has 0 radical (unpaired) electrons. The fraction of sp³-hybridized carbons (Fsp3) is 0.292. The minimum atomic E-state index is -0.573. The van der Waals surface area contributed by atoms with Gasteiger partial charge >= 0.3 is 18.0 Å². The third-order valence-corrected chi connectivity index (χ3v) is 4.84. The van der Waals surface area contributed by atoms with Crippen LogP contribution in [0.15, 0.2) is 54.7 Å². The van der Waals surface area contributed by atoms with Gasteiger partial charge in [0.1, 0.15) is 11.8 Å². The van der Waals surface area contributed by atoms with Gasteiger partial charge in [-0.15, -0.1) is 4.48 Å². The average molecular weight is 423 g/mol. The molecule has 0 aliphatic carbocycles. The van der Waals surface area contributed by atoms with Gasteiger partial charge in [-0.3, -0.25) is 4.90 Å². The highest BCUT2D eigenvalue weighted by molar-refractivity contribution is 6.19. The molecule has 0 bridgehead atoms. The highest BCUT2D eigenvalue weighted by atomic mass is 16.6. The average Bonchev–Trinajstić information content (AvgIpc) is 3.11. The largest absolute Gasteiger partial charge is 0.444 e. The Morgan fingerprint density at radius 1 is 1.00 bits per heavy atom. The van der Waals surface area contributed by atoms with Crippen LogP contribution in [-0.2, 0) is 11.3 Å². The molecule has 2 aromatic carbocycles. The second-order valence-corrected chi connectivity index (χ2v) is 8.63. The highest BCUT2D eigenvalue weighted by Gasteiger charge is 2.51. The minimum Gasteiger partial charge on any atom is -0.444 e. The predicted molar refractivity (Wildman–Crippen MR) is 120 cm³/mol. The molecule has 1 N–H and O–H groups in total. The van der Waals surface area contributed by atoms with Crippen molar-refractivity contribution in [3.63, 3.8) is 0 Å². The summed E-state index contributed by atoms with van der Waals surface area (Å²) in [7, 11) is 3.27. The standard InChI is InChI=1S/C24H27N3O4/c1-24(2,3)31-22(29)25-16-17-10-12-19(13-11-17)21(28)27(23(30)26(4)5)15-14-18-8-6-7-9-20(18)27/h6-15H,16H2,1-5H3/p+1. The topological polar surface area (TPSA) is 75.7 Å². The summed E-state index contributed by atoms with van der Waals surface area (Å²) in [5.41, 5.74) is 2.10. The van der Waals surface area contributed by atoms with Gasteiger partial charge in [-0.2, -0.15) is 0 Å². The van der Waals surface area contributed by atoms with Crippen molar-refractivity contribution in [1.29, 1.82) is 0 Å². The van der Waals surface area contributed by atoms with E-state index in [2.05, 4.69) is 5.32 Å². The molecule has 1 atom stereocenters. The van der Waals surface area contributed by atoms with Crippen LogP contribution >= 0.6 is 0 Å². The van der Waals surface area contributed by atoms with Crippen LogP contribution in [0.1, 0.15) is 42.3 Å². The van der Waals surface area contributed by atoms with E-state index in [1.165, 1.54) is 4.90 Å². The lowest BCUT2D eigenvalue weighted by molar-refractivity contribution is 0.0523. The molecule has 1 aliphatic rings.